The van der Waals surface area contributed by atoms with E-state index < -0.39 is 0 Å². The maximum absolute atomic E-state index is 5.98. The number of tetrazole rings is 1. The molecule has 0 spiro atoms. The number of aryl methyl sites for hydroxylation is 1. The molecule has 0 radical (unpaired) electrons. The highest BCUT2D eigenvalue weighted by Crippen LogP contribution is 2.28. The zero-order chi connectivity index (χ0) is 10.7. The van der Waals surface area contributed by atoms with Gasteiger partial charge in [-0.05, 0) is 29.7 Å². The van der Waals surface area contributed by atoms with E-state index in [1.54, 1.807) is 0 Å². The first kappa shape index (κ1) is 10.9. The summed E-state index contributed by atoms with van der Waals surface area (Å²) in [5.74, 6) is 1.65. The van der Waals surface area contributed by atoms with E-state index in [2.05, 4.69) is 15.5 Å². The van der Waals surface area contributed by atoms with Crippen LogP contribution >= 0.6 is 11.6 Å². The second-order valence-corrected chi connectivity index (χ2v) is 4.97. The van der Waals surface area contributed by atoms with Gasteiger partial charge in [0.15, 0.2) is 5.82 Å². The molecule has 1 atom stereocenters. The van der Waals surface area contributed by atoms with E-state index in [0.717, 1.165) is 18.3 Å². The third-order valence-electron chi connectivity index (χ3n) is 3.14. The molecular formula is C10H17ClN4. The minimum Gasteiger partial charge on any atom is -0.228 e. The molecule has 15 heavy (non-hydrogen) atoms. The van der Waals surface area contributed by atoms with Crippen molar-refractivity contribution in [1.82, 2.24) is 20.2 Å². The van der Waals surface area contributed by atoms with Gasteiger partial charge in [-0.3, -0.25) is 0 Å². The fourth-order valence-corrected chi connectivity index (χ4v) is 2.42. The van der Waals surface area contributed by atoms with Crippen molar-refractivity contribution in [3.05, 3.63) is 5.82 Å². The topological polar surface area (TPSA) is 43.6 Å². The minimum absolute atomic E-state index is 0.108. The molecule has 0 amide bonds. The predicted molar refractivity (Wildman–Crippen MR) is 58.7 cm³/mol. The van der Waals surface area contributed by atoms with Gasteiger partial charge in [-0.25, -0.2) is 4.68 Å². The van der Waals surface area contributed by atoms with Crippen LogP contribution in [0.5, 0.6) is 0 Å². The smallest absolute Gasteiger partial charge is 0.168 e. The molecule has 1 aromatic heterocycles. The average molecular weight is 229 g/mol. The molecule has 1 unspecified atom stereocenters. The van der Waals surface area contributed by atoms with Gasteiger partial charge in [0.25, 0.3) is 0 Å². The van der Waals surface area contributed by atoms with Crippen LogP contribution in [-0.4, -0.2) is 20.2 Å². The molecule has 0 N–H and O–H groups in total. The van der Waals surface area contributed by atoms with E-state index in [4.69, 9.17) is 11.6 Å². The van der Waals surface area contributed by atoms with Gasteiger partial charge in [-0.2, -0.15) is 0 Å². The number of aromatic nitrogens is 4. The van der Waals surface area contributed by atoms with Crippen molar-refractivity contribution in [2.45, 2.75) is 50.9 Å². The fraction of sp³-hybridized carbons (Fsp3) is 0.900. The fourth-order valence-electron chi connectivity index (χ4n) is 2.26. The SMILES string of the molecule is CC(Cl)c1nnnn1CCC1CCCC1. The molecule has 0 aromatic carbocycles. The minimum atomic E-state index is -0.108. The molecule has 1 fully saturated rings. The van der Waals surface area contributed by atoms with Crippen LogP contribution in [-0.2, 0) is 6.54 Å². The summed E-state index contributed by atoms with van der Waals surface area (Å²) in [7, 11) is 0. The van der Waals surface area contributed by atoms with Crippen LogP contribution in [0, 0.1) is 5.92 Å². The standard InChI is InChI=1S/C10H17ClN4/c1-8(11)10-12-13-14-15(10)7-6-9-4-2-3-5-9/h8-9H,2-7H2,1H3. The Balaban J connectivity index is 1.89. The maximum atomic E-state index is 5.98. The number of hydrogen-bond donors (Lipinski definition) is 0. The molecule has 1 aliphatic rings. The number of nitrogens with zero attached hydrogens (tertiary/aromatic N) is 4. The highest BCUT2D eigenvalue weighted by atomic mass is 35.5. The van der Waals surface area contributed by atoms with Gasteiger partial charge in [0, 0.05) is 6.54 Å². The van der Waals surface area contributed by atoms with E-state index in [1.165, 1.54) is 32.1 Å². The van der Waals surface area contributed by atoms with Crippen LogP contribution in [0.15, 0.2) is 0 Å². The Morgan fingerprint density at radius 1 is 1.47 bits per heavy atom. The lowest BCUT2D eigenvalue weighted by atomic mass is 10.0. The van der Waals surface area contributed by atoms with Gasteiger partial charge in [0.1, 0.15) is 0 Å². The Kier molecular flexibility index (Phi) is 3.57. The van der Waals surface area contributed by atoms with E-state index in [9.17, 15) is 0 Å². The van der Waals surface area contributed by atoms with E-state index in [1.807, 2.05) is 11.6 Å². The van der Waals surface area contributed by atoms with Gasteiger partial charge in [0.2, 0.25) is 0 Å². The number of hydrogen-bond acceptors (Lipinski definition) is 3. The first-order valence-corrected chi connectivity index (χ1v) is 6.11. The van der Waals surface area contributed by atoms with Crippen molar-refractivity contribution in [1.29, 1.82) is 0 Å². The molecule has 1 heterocycles. The summed E-state index contributed by atoms with van der Waals surface area (Å²) in [6.45, 7) is 2.81. The quantitative estimate of drug-likeness (QED) is 0.744. The van der Waals surface area contributed by atoms with Gasteiger partial charge >= 0.3 is 0 Å². The van der Waals surface area contributed by atoms with Gasteiger partial charge in [-0.15, -0.1) is 16.7 Å². The van der Waals surface area contributed by atoms with Crippen molar-refractivity contribution in [2.75, 3.05) is 0 Å². The molecular weight excluding hydrogens is 212 g/mol. The summed E-state index contributed by atoms with van der Waals surface area (Å²) in [6.07, 6.45) is 6.70. The highest BCUT2D eigenvalue weighted by molar-refractivity contribution is 6.20. The van der Waals surface area contributed by atoms with E-state index in [-0.39, 0.29) is 5.38 Å². The Hall–Kier alpha value is -0.640. The Bertz CT molecular complexity index is 304. The van der Waals surface area contributed by atoms with Crippen LogP contribution < -0.4 is 0 Å². The maximum Gasteiger partial charge on any atom is 0.168 e. The first-order valence-electron chi connectivity index (χ1n) is 5.67. The Morgan fingerprint density at radius 2 is 2.20 bits per heavy atom. The van der Waals surface area contributed by atoms with Crippen LogP contribution in [0.25, 0.3) is 0 Å². The van der Waals surface area contributed by atoms with E-state index in [0.29, 0.717) is 0 Å². The summed E-state index contributed by atoms with van der Waals surface area (Å²) < 4.78 is 1.84. The molecule has 4 nitrogen and oxygen atoms in total. The van der Waals surface area contributed by atoms with Crippen molar-refractivity contribution in [2.24, 2.45) is 5.92 Å². The Labute approximate surface area is 95.0 Å². The summed E-state index contributed by atoms with van der Waals surface area (Å²) in [4.78, 5) is 0. The summed E-state index contributed by atoms with van der Waals surface area (Å²) in [6, 6.07) is 0. The molecule has 1 aliphatic carbocycles. The third-order valence-corrected chi connectivity index (χ3v) is 3.33. The van der Waals surface area contributed by atoms with Crippen LogP contribution in [0.4, 0.5) is 0 Å². The van der Waals surface area contributed by atoms with Crippen LogP contribution in [0.2, 0.25) is 0 Å². The lowest BCUT2D eigenvalue weighted by Gasteiger charge is -2.09. The lowest BCUT2D eigenvalue weighted by Crippen LogP contribution is -2.09. The number of halogens is 1. The van der Waals surface area contributed by atoms with Gasteiger partial charge < -0.3 is 0 Å². The van der Waals surface area contributed by atoms with Crippen LogP contribution in [0.3, 0.4) is 0 Å². The largest absolute Gasteiger partial charge is 0.228 e. The van der Waals surface area contributed by atoms with Crippen molar-refractivity contribution in [3.8, 4) is 0 Å². The third kappa shape index (κ3) is 2.68. The Morgan fingerprint density at radius 3 is 2.87 bits per heavy atom. The number of alkyl halides is 1. The average Bonchev–Trinajstić information content (AvgIpc) is 2.86. The molecule has 0 aliphatic heterocycles. The lowest BCUT2D eigenvalue weighted by molar-refractivity contribution is 0.427. The van der Waals surface area contributed by atoms with Crippen molar-refractivity contribution in [3.63, 3.8) is 0 Å². The normalized spacial score (nSPS) is 19.6. The zero-order valence-electron chi connectivity index (χ0n) is 9.06. The molecule has 1 aromatic rings. The summed E-state index contributed by atoms with van der Waals surface area (Å²) >= 11 is 5.98. The van der Waals surface area contributed by atoms with Crippen molar-refractivity contribution >= 4 is 11.6 Å². The first-order chi connectivity index (χ1) is 7.27. The number of rotatable bonds is 4. The molecule has 0 bridgehead atoms. The summed E-state index contributed by atoms with van der Waals surface area (Å²) in [5, 5.41) is 11.5. The molecule has 84 valence electrons. The summed E-state index contributed by atoms with van der Waals surface area (Å²) in [5.41, 5.74) is 0. The zero-order valence-corrected chi connectivity index (χ0v) is 9.82. The molecule has 2 rings (SSSR count). The van der Waals surface area contributed by atoms with Gasteiger partial charge in [-0.1, -0.05) is 25.7 Å². The van der Waals surface area contributed by atoms with Crippen molar-refractivity contribution < 1.29 is 0 Å². The predicted octanol–water partition coefficient (Wildman–Crippen LogP) is 2.55. The highest BCUT2D eigenvalue weighted by Gasteiger charge is 2.17. The molecule has 1 saturated carbocycles. The second kappa shape index (κ2) is 4.92. The monoisotopic (exact) mass is 228 g/mol. The second-order valence-electron chi connectivity index (χ2n) is 4.32. The molecule has 0 saturated heterocycles. The van der Waals surface area contributed by atoms with E-state index >= 15 is 0 Å². The van der Waals surface area contributed by atoms with Gasteiger partial charge in [0.05, 0.1) is 5.38 Å². The molecule has 5 heteroatoms. The van der Waals surface area contributed by atoms with Crippen LogP contribution in [0.1, 0.15) is 50.2 Å².